The van der Waals surface area contributed by atoms with Crippen LogP contribution < -0.4 is 5.73 Å². The third-order valence-electron chi connectivity index (χ3n) is 1.20. The summed E-state index contributed by atoms with van der Waals surface area (Å²) < 4.78 is 10.5. The molecule has 0 aromatic heterocycles. The Morgan fingerprint density at radius 2 is 1.91 bits per heavy atom. The molecular weight excluding hydrogens is 142 g/mol. The lowest BCUT2D eigenvalue weighted by Crippen LogP contribution is -2.26. The summed E-state index contributed by atoms with van der Waals surface area (Å²) in [6.45, 7) is 7.88. The minimum atomic E-state index is 0.110. The van der Waals surface area contributed by atoms with Gasteiger partial charge < -0.3 is 15.2 Å². The van der Waals surface area contributed by atoms with Crippen molar-refractivity contribution in [2.24, 2.45) is 5.73 Å². The molecule has 2 atom stereocenters. The molecule has 0 heterocycles. The van der Waals surface area contributed by atoms with Crippen LogP contribution in [0, 0.1) is 0 Å². The number of nitrogens with two attached hydrogens (primary N) is 1. The Kier molecular flexibility index (Phi) is 6.51. The molecule has 0 rings (SSSR count). The van der Waals surface area contributed by atoms with Gasteiger partial charge in [0.1, 0.15) is 0 Å². The van der Waals surface area contributed by atoms with Crippen LogP contribution in [-0.4, -0.2) is 32.0 Å². The van der Waals surface area contributed by atoms with Crippen LogP contribution in [0.2, 0.25) is 0 Å². The van der Waals surface area contributed by atoms with Crippen molar-refractivity contribution in [3.8, 4) is 0 Å². The van der Waals surface area contributed by atoms with Crippen molar-refractivity contribution in [2.75, 3.05) is 19.8 Å². The molecule has 3 heteroatoms. The van der Waals surface area contributed by atoms with E-state index in [-0.39, 0.29) is 12.1 Å². The molecule has 0 fully saturated rings. The van der Waals surface area contributed by atoms with Crippen molar-refractivity contribution in [3.05, 3.63) is 0 Å². The fraction of sp³-hybridized carbons (Fsp3) is 1.00. The molecular formula is C8H19NO2. The first-order valence-corrected chi connectivity index (χ1v) is 4.11. The summed E-state index contributed by atoms with van der Waals surface area (Å²) in [4.78, 5) is 0. The van der Waals surface area contributed by atoms with Gasteiger partial charge in [-0.15, -0.1) is 0 Å². The molecule has 0 saturated carbocycles. The van der Waals surface area contributed by atoms with Gasteiger partial charge in [-0.2, -0.15) is 0 Å². The fourth-order valence-electron chi connectivity index (χ4n) is 0.648. The highest BCUT2D eigenvalue weighted by Crippen LogP contribution is 1.92. The Bertz CT molecular complexity index is 86.2. The second kappa shape index (κ2) is 6.58. The summed E-state index contributed by atoms with van der Waals surface area (Å²) in [7, 11) is 0. The van der Waals surface area contributed by atoms with Crippen molar-refractivity contribution < 1.29 is 9.47 Å². The van der Waals surface area contributed by atoms with Crippen molar-refractivity contribution in [3.63, 3.8) is 0 Å². The highest BCUT2D eigenvalue weighted by molar-refractivity contribution is 4.53. The molecule has 0 radical (unpaired) electrons. The molecule has 68 valence electrons. The summed E-state index contributed by atoms with van der Waals surface area (Å²) in [5.74, 6) is 0. The number of ether oxygens (including phenoxy) is 2. The van der Waals surface area contributed by atoms with Gasteiger partial charge in [-0.05, 0) is 20.8 Å². The van der Waals surface area contributed by atoms with Crippen molar-refractivity contribution in [1.82, 2.24) is 0 Å². The van der Waals surface area contributed by atoms with E-state index in [1.807, 2.05) is 20.8 Å². The van der Waals surface area contributed by atoms with E-state index in [4.69, 9.17) is 15.2 Å². The predicted octanol–water partition coefficient (Wildman–Crippen LogP) is 0.775. The van der Waals surface area contributed by atoms with Crippen LogP contribution in [-0.2, 0) is 9.47 Å². The molecule has 0 aromatic rings. The van der Waals surface area contributed by atoms with Crippen LogP contribution in [0.15, 0.2) is 0 Å². The maximum Gasteiger partial charge on any atom is 0.0781 e. The molecule has 0 spiro atoms. The van der Waals surface area contributed by atoms with Gasteiger partial charge in [0.15, 0.2) is 0 Å². The van der Waals surface area contributed by atoms with Gasteiger partial charge >= 0.3 is 0 Å². The molecule has 2 N–H and O–H groups in total. The SMILES string of the molecule is CCOCC(C)OCC(C)N. The summed E-state index contributed by atoms with van der Waals surface area (Å²) in [5, 5.41) is 0. The average Bonchev–Trinajstić information content (AvgIpc) is 1.97. The molecule has 3 nitrogen and oxygen atoms in total. The van der Waals surface area contributed by atoms with Crippen molar-refractivity contribution in [1.29, 1.82) is 0 Å². The lowest BCUT2D eigenvalue weighted by molar-refractivity contribution is -0.00677. The molecule has 0 aromatic carbocycles. The maximum atomic E-state index is 5.50. The molecule has 0 aliphatic rings. The molecule has 0 aliphatic heterocycles. The second-order valence-corrected chi connectivity index (χ2v) is 2.78. The van der Waals surface area contributed by atoms with Crippen LogP contribution >= 0.6 is 0 Å². The Balaban J connectivity index is 3.15. The average molecular weight is 161 g/mol. The van der Waals surface area contributed by atoms with E-state index in [1.165, 1.54) is 0 Å². The Hall–Kier alpha value is -0.120. The van der Waals surface area contributed by atoms with Crippen LogP contribution in [0.5, 0.6) is 0 Å². The number of hydrogen-bond acceptors (Lipinski definition) is 3. The minimum absolute atomic E-state index is 0.110. The molecule has 0 saturated heterocycles. The highest BCUT2D eigenvalue weighted by atomic mass is 16.5. The Morgan fingerprint density at radius 3 is 2.36 bits per heavy atom. The highest BCUT2D eigenvalue weighted by Gasteiger charge is 2.02. The molecule has 0 aliphatic carbocycles. The van der Waals surface area contributed by atoms with Gasteiger partial charge in [-0.3, -0.25) is 0 Å². The van der Waals surface area contributed by atoms with Crippen molar-refractivity contribution in [2.45, 2.75) is 32.9 Å². The Labute approximate surface area is 68.9 Å². The smallest absolute Gasteiger partial charge is 0.0781 e. The van der Waals surface area contributed by atoms with E-state index in [0.29, 0.717) is 13.2 Å². The third-order valence-corrected chi connectivity index (χ3v) is 1.20. The summed E-state index contributed by atoms with van der Waals surface area (Å²) in [6, 6.07) is 0.110. The lowest BCUT2D eigenvalue weighted by Gasteiger charge is -2.14. The first-order chi connectivity index (χ1) is 5.16. The zero-order valence-electron chi connectivity index (χ0n) is 7.67. The summed E-state index contributed by atoms with van der Waals surface area (Å²) in [5.41, 5.74) is 5.50. The first-order valence-electron chi connectivity index (χ1n) is 4.11. The largest absolute Gasteiger partial charge is 0.379 e. The predicted molar refractivity (Wildman–Crippen MR) is 45.6 cm³/mol. The van der Waals surface area contributed by atoms with Crippen LogP contribution in [0.1, 0.15) is 20.8 Å². The van der Waals surface area contributed by atoms with E-state index < -0.39 is 0 Å². The fourth-order valence-corrected chi connectivity index (χ4v) is 0.648. The van der Waals surface area contributed by atoms with Crippen LogP contribution in [0.25, 0.3) is 0 Å². The molecule has 0 amide bonds. The normalized spacial score (nSPS) is 16.4. The second-order valence-electron chi connectivity index (χ2n) is 2.78. The zero-order valence-corrected chi connectivity index (χ0v) is 7.67. The van der Waals surface area contributed by atoms with E-state index in [0.717, 1.165) is 6.61 Å². The summed E-state index contributed by atoms with van der Waals surface area (Å²) in [6.07, 6.45) is 0.154. The monoisotopic (exact) mass is 161 g/mol. The van der Waals surface area contributed by atoms with E-state index in [2.05, 4.69) is 0 Å². The molecule has 2 unspecified atom stereocenters. The van der Waals surface area contributed by atoms with Gasteiger partial charge in [-0.25, -0.2) is 0 Å². The van der Waals surface area contributed by atoms with Crippen LogP contribution in [0.4, 0.5) is 0 Å². The van der Waals surface area contributed by atoms with Crippen LogP contribution in [0.3, 0.4) is 0 Å². The van der Waals surface area contributed by atoms with Gasteiger partial charge in [0, 0.05) is 12.6 Å². The molecule has 11 heavy (non-hydrogen) atoms. The third kappa shape index (κ3) is 7.78. The van der Waals surface area contributed by atoms with Gasteiger partial charge in [-0.1, -0.05) is 0 Å². The number of rotatable bonds is 6. The van der Waals surface area contributed by atoms with Gasteiger partial charge in [0.25, 0.3) is 0 Å². The van der Waals surface area contributed by atoms with Gasteiger partial charge in [0.05, 0.1) is 19.3 Å². The lowest BCUT2D eigenvalue weighted by atomic mass is 10.4. The van der Waals surface area contributed by atoms with E-state index in [1.54, 1.807) is 0 Å². The van der Waals surface area contributed by atoms with E-state index in [9.17, 15) is 0 Å². The first kappa shape index (κ1) is 10.9. The Morgan fingerprint density at radius 1 is 1.27 bits per heavy atom. The standard InChI is InChI=1S/C8H19NO2/c1-4-10-6-8(3)11-5-7(2)9/h7-8H,4-6,9H2,1-3H3. The van der Waals surface area contributed by atoms with Gasteiger partial charge in [0.2, 0.25) is 0 Å². The molecule has 0 bridgehead atoms. The number of hydrogen-bond donors (Lipinski definition) is 1. The zero-order chi connectivity index (χ0) is 8.69. The topological polar surface area (TPSA) is 44.5 Å². The maximum absolute atomic E-state index is 5.50. The van der Waals surface area contributed by atoms with E-state index >= 15 is 0 Å². The minimum Gasteiger partial charge on any atom is -0.379 e. The van der Waals surface area contributed by atoms with Crippen molar-refractivity contribution >= 4 is 0 Å². The summed E-state index contributed by atoms with van der Waals surface area (Å²) >= 11 is 0. The quantitative estimate of drug-likeness (QED) is 0.626.